The first-order valence-electron chi connectivity index (χ1n) is 8.24. The Hall–Kier alpha value is -3.23. The largest absolute Gasteiger partial charge is 0.368 e. The first-order valence-corrected chi connectivity index (χ1v) is 8.24. The van der Waals surface area contributed by atoms with Gasteiger partial charge in [-0.05, 0) is 31.2 Å². The van der Waals surface area contributed by atoms with Gasteiger partial charge in [0.2, 0.25) is 0 Å². The predicted octanol–water partition coefficient (Wildman–Crippen LogP) is 1.02. The molecule has 0 bridgehead atoms. The molecule has 126 valence electrons. The molecule has 0 unspecified atom stereocenters. The van der Waals surface area contributed by atoms with Crippen LogP contribution in [-0.4, -0.2) is 54.0 Å². The van der Waals surface area contributed by atoms with Gasteiger partial charge < -0.3 is 10.2 Å². The monoisotopic (exact) mass is 335 g/mol. The number of aryl methyl sites for hydroxylation is 1. The van der Waals surface area contributed by atoms with Gasteiger partial charge in [-0.1, -0.05) is 0 Å². The van der Waals surface area contributed by atoms with Crippen LogP contribution in [0.15, 0.2) is 36.7 Å². The second-order valence-electron chi connectivity index (χ2n) is 6.31. The third kappa shape index (κ3) is 2.44. The molecule has 0 aromatic carbocycles. The van der Waals surface area contributed by atoms with Gasteiger partial charge in [0.05, 0.1) is 0 Å². The van der Waals surface area contributed by atoms with E-state index in [9.17, 15) is 0 Å². The topological polar surface area (TPSA) is 88.5 Å². The Bertz CT molecular complexity index is 1040. The summed E-state index contributed by atoms with van der Waals surface area (Å²) in [5.41, 5.74) is 1.63. The van der Waals surface area contributed by atoms with Crippen molar-refractivity contribution < 1.29 is 0 Å². The van der Waals surface area contributed by atoms with Crippen molar-refractivity contribution in [3.8, 4) is 0 Å². The standard InChI is InChI=1S/C16H17N9/c1-11-19-20-15-4-5-16(22-25(11)15)23-9-12(10-23)8-18-13-2-3-14-17-6-7-24(14)21-13/h2-7,12H,8-10H2,1H3,(H,18,21). The van der Waals surface area contributed by atoms with Crippen LogP contribution in [0.1, 0.15) is 5.82 Å². The molecule has 0 atom stereocenters. The Morgan fingerprint density at radius 1 is 1.08 bits per heavy atom. The summed E-state index contributed by atoms with van der Waals surface area (Å²) in [4.78, 5) is 6.46. The highest BCUT2D eigenvalue weighted by Gasteiger charge is 2.28. The molecule has 1 aliphatic heterocycles. The maximum Gasteiger partial charge on any atom is 0.178 e. The quantitative estimate of drug-likeness (QED) is 0.596. The van der Waals surface area contributed by atoms with Crippen molar-refractivity contribution in [1.82, 2.24) is 34.4 Å². The molecule has 0 radical (unpaired) electrons. The molecule has 5 heterocycles. The number of nitrogens with one attached hydrogen (secondary N) is 1. The molecule has 1 N–H and O–H groups in total. The molecule has 1 aliphatic rings. The van der Waals surface area contributed by atoms with Crippen LogP contribution in [0, 0.1) is 12.8 Å². The number of rotatable bonds is 4. The van der Waals surface area contributed by atoms with Crippen LogP contribution >= 0.6 is 0 Å². The Labute approximate surface area is 143 Å². The fraction of sp³-hybridized carbons (Fsp3) is 0.312. The van der Waals surface area contributed by atoms with E-state index in [1.165, 1.54) is 0 Å². The SMILES string of the molecule is Cc1nnc2ccc(N3CC(CNc4ccc5nccn5n4)C3)nn12. The van der Waals surface area contributed by atoms with Crippen molar-refractivity contribution in [2.45, 2.75) is 6.92 Å². The van der Waals surface area contributed by atoms with Gasteiger partial charge in [-0.15, -0.1) is 20.4 Å². The highest BCUT2D eigenvalue weighted by molar-refractivity contribution is 5.48. The summed E-state index contributed by atoms with van der Waals surface area (Å²) >= 11 is 0. The molecule has 5 rings (SSSR count). The number of aromatic nitrogens is 7. The summed E-state index contributed by atoms with van der Waals surface area (Å²) in [7, 11) is 0. The lowest BCUT2D eigenvalue weighted by Crippen LogP contribution is -2.50. The molecule has 0 spiro atoms. The number of imidazole rings is 1. The summed E-state index contributed by atoms with van der Waals surface area (Å²) in [5, 5.41) is 20.6. The van der Waals surface area contributed by atoms with Crippen molar-refractivity contribution in [3.63, 3.8) is 0 Å². The Morgan fingerprint density at radius 3 is 2.88 bits per heavy atom. The molecule has 0 amide bonds. The van der Waals surface area contributed by atoms with E-state index in [-0.39, 0.29) is 0 Å². The minimum Gasteiger partial charge on any atom is -0.368 e. The smallest absolute Gasteiger partial charge is 0.178 e. The van der Waals surface area contributed by atoms with Crippen LogP contribution in [-0.2, 0) is 0 Å². The highest BCUT2D eigenvalue weighted by Crippen LogP contribution is 2.23. The Morgan fingerprint density at radius 2 is 1.96 bits per heavy atom. The first kappa shape index (κ1) is 14.1. The lowest BCUT2D eigenvalue weighted by atomic mass is 10.0. The molecular formula is C16H17N9. The number of hydrogen-bond acceptors (Lipinski definition) is 7. The van der Waals surface area contributed by atoms with E-state index in [0.29, 0.717) is 5.92 Å². The van der Waals surface area contributed by atoms with E-state index in [1.807, 2.05) is 37.4 Å². The van der Waals surface area contributed by atoms with Gasteiger partial charge in [0, 0.05) is 37.9 Å². The Kier molecular flexibility index (Phi) is 3.06. The summed E-state index contributed by atoms with van der Waals surface area (Å²) in [6.07, 6.45) is 3.59. The van der Waals surface area contributed by atoms with Crippen molar-refractivity contribution in [3.05, 3.63) is 42.5 Å². The molecule has 0 saturated carbocycles. The molecular weight excluding hydrogens is 318 g/mol. The van der Waals surface area contributed by atoms with Gasteiger partial charge in [0.25, 0.3) is 0 Å². The lowest BCUT2D eigenvalue weighted by molar-refractivity contribution is 0.424. The van der Waals surface area contributed by atoms with Crippen LogP contribution in [0.3, 0.4) is 0 Å². The van der Waals surface area contributed by atoms with Gasteiger partial charge in [-0.3, -0.25) is 0 Å². The van der Waals surface area contributed by atoms with Gasteiger partial charge in [0.15, 0.2) is 17.1 Å². The van der Waals surface area contributed by atoms with Crippen LogP contribution in [0.2, 0.25) is 0 Å². The number of hydrogen-bond donors (Lipinski definition) is 1. The molecule has 9 heteroatoms. The molecule has 4 aromatic rings. The van der Waals surface area contributed by atoms with Gasteiger partial charge >= 0.3 is 0 Å². The minimum atomic E-state index is 0.569. The lowest BCUT2D eigenvalue weighted by Gasteiger charge is -2.40. The van der Waals surface area contributed by atoms with E-state index in [2.05, 4.69) is 35.6 Å². The van der Waals surface area contributed by atoms with Crippen LogP contribution < -0.4 is 10.2 Å². The minimum absolute atomic E-state index is 0.569. The average molecular weight is 335 g/mol. The zero-order valence-corrected chi connectivity index (χ0v) is 13.7. The van der Waals surface area contributed by atoms with Crippen molar-refractivity contribution in [1.29, 1.82) is 0 Å². The third-order valence-electron chi connectivity index (χ3n) is 4.51. The predicted molar refractivity (Wildman–Crippen MR) is 92.7 cm³/mol. The molecule has 1 fully saturated rings. The van der Waals surface area contributed by atoms with Gasteiger partial charge in [-0.25, -0.2) is 9.50 Å². The highest BCUT2D eigenvalue weighted by atomic mass is 15.4. The number of fused-ring (bicyclic) bond motifs is 2. The maximum absolute atomic E-state index is 4.61. The van der Waals surface area contributed by atoms with Gasteiger partial charge in [0.1, 0.15) is 11.6 Å². The first-order chi connectivity index (χ1) is 12.3. The summed E-state index contributed by atoms with van der Waals surface area (Å²) in [6, 6.07) is 7.88. The summed E-state index contributed by atoms with van der Waals surface area (Å²) < 4.78 is 3.56. The van der Waals surface area contributed by atoms with Gasteiger partial charge in [-0.2, -0.15) is 4.52 Å². The molecule has 1 saturated heterocycles. The third-order valence-corrected chi connectivity index (χ3v) is 4.51. The van der Waals surface area contributed by atoms with Crippen LogP contribution in [0.4, 0.5) is 11.6 Å². The van der Waals surface area contributed by atoms with Crippen molar-refractivity contribution in [2.24, 2.45) is 5.92 Å². The van der Waals surface area contributed by atoms with Crippen molar-refractivity contribution in [2.75, 3.05) is 29.9 Å². The second kappa shape index (κ2) is 5.40. The molecule has 9 nitrogen and oxygen atoms in total. The summed E-state index contributed by atoms with van der Waals surface area (Å²) in [5.74, 6) is 3.20. The van der Waals surface area contributed by atoms with E-state index in [1.54, 1.807) is 15.2 Å². The number of nitrogens with zero attached hydrogens (tertiary/aromatic N) is 8. The second-order valence-corrected chi connectivity index (χ2v) is 6.31. The normalized spacial score (nSPS) is 15.0. The zero-order chi connectivity index (χ0) is 16.8. The van der Waals surface area contributed by atoms with E-state index in [4.69, 9.17) is 0 Å². The van der Waals surface area contributed by atoms with Crippen LogP contribution in [0.5, 0.6) is 0 Å². The van der Waals surface area contributed by atoms with E-state index in [0.717, 1.165) is 48.4 Å². The van der Waals surface area contributed by atoms with E-state index >= 15 is 0 Å². The zero-order valence-electron chi connectivity index (χ0n) is 13.7. The summed E-state index contributed by atoms with van der Waals surface area (Å²) in [6.45, 7) is 4.74. The molecule has 4 aromatic heterocycles. The number of anilines is 2. The fourth-order valence-corrected chi connectivity index (χ4v) is 3.10. The molecule has 0 aliphatic carbocycles. The Balaban J connectivity index is 1.21. The average Bonchev–Trinajstić information content (AvgIpc) is 3.20. The maximum atomic E-state index is 4.61. The van der Waals surface area contributed by atoms with Crippen LogP contribution in [0.25, 0.3) is 11.3 Å². The van der Waals surface area contributed by atoms with E-state index < -0.39 is 0 Å². The fourth-order valence-electron chi connectivity index (χ4n) is 3.10. The molecule has 25 heavy (non-hydrogen) atoms. The van der Waals surface area contributed by atoms with Crippen molar-refractivity contribution >= 4 is 22.9 Å².